The summed E-state index contributed by atoms with van der Waals surface area (Å²) < 4.78 is 0. The van der Waals surface area contributed by atoms with Gasteiger partial charge in [-0.25, -0.2) is 4.79 Å². The van der Waals surface area contributed by atoms with Crippen LogP contribution >= 0.6 is 11.6 Å². The van der Waals surface area contributed by atoms with E-state index < -0.39 is 0 Å². The number of amides is 2. The van der Waals surface area contributed by atoms with Crippen LogP contribution in [0.5, 0.6) is 0 Å². The van der Waals surface area contributed by atoms with Gasteiger partial charge in [-0.2, -0.15) is 0 Å². The van der Waals surface area contributed by atoms with Crippen molar-refractivity contribution < 1.29 is 4.79 Å². The molecule has 120 valence electrons. The van der Waals surface area contributed by atoms with Crippen LogP contribution in [0.2, 0.25) is 5.02 Å². The molecule has 22 heavy (non-hydrogen) atoms. The van der Waals surface area contributed by atoms with Crippen LogP contribution in [0.25, 0.3) is 0 Å². The fourth-order valence-electron chi connectivity index (χ4n) is 3.45. The molecule has 2 fully saturated rings. The first-order valence-corrected chi connectivity index (χ1v) is 8.57. The Kier molecular flexibility index (Phi) is 4.77. The van der Waals surface area contributed by atoms with Crippen molar-refractivity contribution in [1.82, 2.24) is 10.2 Å². The van der Waals surface area contributed by atoms with Crippen LogP contribution < -0.4 is 10.2 Å². The highest BCUT2D eigenvalue weighted by atomic mass is 35.5. The first-order chi connectivity index (χ1) is 10.6. The third-order valence-corrected chi connectivity index (χ3v) is 5.15. The van der Waals surface area contributed by atoms with Gasteiger partial charge in [-0.15, -0.1) is 0 Å². The Hall–Kier alpha value is -1.42. The highest BCUT2D eigenvalue weighted by Crippen LogP contribution is 2.25. The second-order valence-corrected chi connectivity index (χ2v) is 6.85. The molecular weight excluding hydrogens is 298 g/mol. The number of nitrogens with zero attached hydrogens (tertiary/aromatic N) is 2. The van der Waals surface area contributed by atoms with E-state index in [-0.39, 0.29) is 6.03 Å². The molecule has 2 amide bonds. The van der Waals surface area contributed by atoms with E-state index in [1.807, 2.05) is 23.1 Å². The highest BCUT2D eigenvalue weighted by Gasteiger charge is 2.28. The van der Waals surface area contributed by atoms with Crippen molar-refractivity contribution in [2.75, 3.05) is 31.1 Å². The minimum Gasteiger partial charge on any atom is -0.368 e. The van der Waals surface area contributed by atoms with Gasteiger partial charge in [0.25, 0.3) is 0 Å². The number of halogens is 1. The number of urea groups is 1. The molecule has 1 aromatic carbocycles. The Morgan fingerprint density at radius 2 is 2.00 bits per heavy atom. The lowest BCUT2D eigenvalue weighted by Crippen LogP contribution is -2.53. The number of anilines is 1. The third-order valence-electron chi connectivity index (χ3n) is 4.91. The van der Waals surface area contributed by atoms with E-state index in [0.29, 0.717) is 12.0 Å². The van der Waals surface area contributed by atoms with Crippen LogP contribution in [0.1, 0.15) is 26.2 Å². The second kappa shape index (κ2) is 6.78. The monoisotopic (exact) mass is 321 g/mol. The molecule has 1 saturated heterocycles. The van der Waals surface area contributed by atoms with E-state index in [1.165, 1.54) is 12.8 Å². The van der Waals surface area contributed by atoms with Gasteiger partial charge in [0.2, 0.25) is 0 Å². The van der Waals surface area contributed by atoms with Crippen molar-refractivity contribution in [3.8, 4) is 0 Å². The molecule has 1 aliphatic carbocycles. The molecule has 5 heteroatoms. The van der Waals surface area contributed by atoms with E-state index in [0.717, 1.165) is 43.3 Å². The fraction of sp³-hybridized carbons (Fsp3) is 0.588. The molecule has 1 saturated carbocycles. The minimum atomic E-state index is 0.101. The van der Waals surface area contributed by atoms with Crippen molar-refractivity contribution >= 4 is 23.3 Å². The zero-order chi connectivity index (χ0) is 15.5. The quantitative estimate of drug-likeness (QED) is 0.906. The van der Waals surface area contributed by atoms with Gasteiger partial charge in [0.05, 0.1) is 0 Å². The molecule has 2 unspecified atom stereocenters. The number of carbonyl (C=O) groups excluding carboxylic acids is 1. The summed E-state index contributed by atoms with van der Waals surface area (Å²) in [5, 5.41) is 3.97. The maximum Gasteiger partial charge on any atom is 0.317 e. The van der Waals surface area contributed by atoms with Crippen molar-refractivity contribution in [2.24, 2.45) is 5.92 Å². The van der Waals surface area contributed by atoms with Crippen LogP contribution in [-0.4, -0.2) is 43.2 Å². The Morgan fingerprint density at radius 1 is 1.23 bits per heavy atom. The summed E-state index contributed by atoms with van der Waals surface area (Å²) in [6.45, 7) is 5.47. The second-order valence-electron chi connectivity index (χ2n) is 6.42. The molecule has 1 aliphatic heterocycles. The van der Waals surface area contributed by atoms with E-state index >= 15 is 0 Å². The lowest BCUT2D eigenvalue weighted by Gasteiger charge is -2.36. The van der Waals surface area contributed by atoms with Gasteiger partial charge in [-0.1, -0.05) is 31.0 Å². The molecule has 0 aromatic heterocycles. The number of rotatable bonds is 2. The molecule has 0 radical (unpaired) electrons. The van der Waals surface area contributed by atoms with Crippen LogP contribution in [0.15, 0.2) is 24.3 Å². The number of benzene rings is 1. The highest BCUT2D eigenvalue weighted by molar-refractivity contribution is 6.30. The maximum atomic E-state index is 12.4. The number of piperazine rings is 1. The maximum absolute atomic E-state index is 12.4. The third kappa shape index (κ3) is 3.49. The van der Waals surface area contributed by atoms with Gasteiger partial charge in [0.15, 0.2) is 0 Å². The molecule has 2 atom stereocenters. The summed E-state index contributed by atoms with van der Waals surface area (Å²) in [7, 11) is 0. The first-order valence-electron chi connectivity index (χ1n) is 8.19. The van der Waals surface area contributed by atoms with Gasteiger partial charge >= 0.3 is 6.03 Å². The van der Waals surface area contributed by atoms with Crippen molar-refractivity contribution in [1.29, 1.82) is 0 Å². The molecule has 3 rings (SSSR count). The summed E-state index contributed by atoms with van der Waals surface area (Å²) in [6.07, 6.45) is 3.58. The first kappa shape index (κ1) is 15.5. The normalized spacial score (nSPS) is 25.4. The molecule has 0 bridgehead atoms. The van der Waals surface area contributed by atoms with E-state index in [1.54, 1.807) is 0 Å². The topological polar surface area (TPSA) is 35.6 Å². The Balaban J connectivity index is 1.52. The van der Waals surface area contributed by atoms with Crippen LogP contribution in [0, 0.1) is 5.92 Å². The van der Waals surface area contributed by atoms with Gasteiger partial charge in [-0.05, 0) is 37.0 Å². The van der Waals surface area contributed by atoms with E-state index in [4.69, 9.17) is 11.6 Å². The van der Waals surface area contributed by atoms with Crippen LogP contribution in [0.3, 0.4) is 0 Å². The molecule has 1 heterocycles. The Bertz CT molecular complexity index is 528. The smallest absolute Gasteiger partial charge is 0.317 e. The predicted molar refractivity (Wildman–Crippen MR) is 90.6 cm³/mol. The van der Waals surface area contributed by atoms with Gasteiger partial charge < -0.3 is 15.1 Å². The van der Waals surface area contributed by atoms with E-state index in [9.17, 15) is 4.79 Å². The van der Waals surface area contributed by atoms with Crippen molar-refractivity contribution in [3.05, 3.63) is 29.3 Å². The van der Waals surface area contributed by atoms with Crippen molar-refractivity contribution in [3.63, 3.8) is 0 Å². The molecule has 0 spiro atoms. The zero-order valence-electron chi connectivity index (χ0n) is 13.1. The molecule has 2 aliphatic rings. The summed E-state index contributed by atoms with van der Waals surface area (Å²) in [4.78, 5) is 16.6. The van der Waals surface area contributed by atoms with Gasteiger partial charge in [0.1, 0.15) is 0 Å². The Labute approximate surface area is 137 Å². The average Bonchev–Trinajstić information content (AvgIpc) is 2.92. The van der Waals surface area contributed by atoms with Crippen LogP contribution in [-0.2, 0) is 0 Å². The predicted octanol–water partition coefficient (Wildman–Crippen LogP) is 3.36. The fourth-order valence-corrected chi connectivity index (χ4v) is 3.63. The number of hydrogen-bond donors (Lipinski definition) is 1. The summed E-state index contributed by atoms with van der Waals surface area (Å²) >= 11 is 6.05. The largest absolute Gasteiger partial charge is 0.368 e. The number of hydrogen-bond acceptors (Lipinski definition) is 2. The van der Waals surface area contributed by atoms with E-state index in [2.05, 4.69) is 23.2 Å². The van der Waals surface area contributed by atoms with Gasteiger partial charge in [-0.3, -0.25) is 0 Å². The van der Waals surface area contributed by atoms with Crippen molar-refractivity contribution in [2.45, 2.75) is 32.2 Å². The standard InChI is InChI=1S/C17H24ClN3O/c1-13-4-2-7-16(13)19-17(22)21-10-8-20(9-11-21)15-6-3-5-14(18)12-15/h3,5-6,12-13,16H,2,4,7-11H2,1H3,(H,19,22). The molecule has 4 nitrogen and oxygen atoms in total. The number of carbonyl (C=O) groups is 1. The SMILES string of the molecule is CC1CCCC1NC(=O)N1CCN(c2cccc(Cl)c2)CC1. The lowest BCUT2D eigenvalue weighted by molar-refractivity contribution is 0.188. The zero-order valence-corrected chi connectivity index (χ0v) is 13.9. The summed E-state index contributed by atoms with van der Waals surface area (Å²) in [6, 6.07) is 8.37. The minimum absolute atomic E-state index is 0.101. The molecule has 1 aromatic rings. The lowest BCUT2D eigenvalue weighted by atomic mass is 10.1. The molecule has 1 N–H and O–H groups in total. The van der Waals surface area contributed by atoms with Crippen LogP contribution in [0.4, 0.5) is 10.5 Å². The average molecular weight is 322 g/mol. The summed E-state index contributed by atoms with van der Waals surface area (Å²) in [5.41, 5.74) is 1.14. The van der Waals surface area contributed by atoms with Gasteiger partial charge in [0, 0.05) is 42.9 Å². The Morgan fingerprint density at radius 3 is 2.64 bits per heavy atom. The molecular formula is C17H24ClN3O. The number of nitrogens with one attached hydrogen (secondary N) is 1. The summed E-state index contributed by atoms with van der Waals surface area (Å²) in [5.74, 6) is 0.608.